The van der Waals surface area contributed by atoms with E-state index in [1.54, 1.807) is 18.0 Å². The van der Waals surface area contributed by atoms with E-state index in [-0.39, 0.29) is 0 Å². The molecule has 0 aliphatic rings. The van der Waals surface area contributed by atoms with E-state index in [9.17, 15) is 0 Å². The van der Waals surface area contributed by atoms with Crippen molar-refractivity contribution in [3.63, 3.8) is 0 Å². The van der Waals surface area contributed by atoms with Crippen LogP contribution in [0.25, 0.3) is 0 Å². The number of hydrogen-bond acceptors (Lipinski definition) is 4. The predicted octanol–water partition coefficient (Wildman–Crippen LogP) is 2.53. The fourth-order valence-electron chi connectivity index (χ4n) is 1.30. The minimum atomic E-state index is 0.738. The third-order valence-corrected chi connectivity index (χ3v) is 2.90. The second kappa shape index (κ2) is 5.55. The Bertz CT molecular complexity index is 410. The number of nitrogens with one attached hydrogen (secondary N) is 2. The minimum Gasteiger partial charge on any atom is -0.378 e. The molecule has 0 aliphatic heterocycles. The highest BCUT2D eigenvalue weighted by Gasteiger charge is 1.96. The van der Waals surface area contributed by atoms with Crippen LogP contribution in [0, 0.1) is 0 Å². The summed E-state index contributed by atoms with van der Waals surface area (Å²) in [5.41, 5.74) is 2.09. The fourth-order valence-corrected chi connectivity index (χ4v) is 1.89. The molecule has 2 aromatic heterocycles. The SMILES string of the molecule is CCSc1ccc(NCc2ccn[nH]2)cn1. The molecule has 5 heteroatoms. The van der Waals surface area contributed by atoms with Gasteiger partial charge in [0.05, 0.1) is 29.1 Å². The first-order valence-corrected chi connectivity index (χ1v) is 6.18. The van der Waals surface area contributed by atoms with Gasteiger partial charge in [0, 0.05) is 6.20 Å². The van der Waals surface area contributed by atoms with E-state index in [4.69, 9.17) is 0 Å². The number of aromatic nitrogens is 3. The number of nitrogens with zero attached hydrogens (tertiary/aromatic N) is 2. The summed E-state index contributed by atoms with van der Waals surface area (Å²) >= 11 is 1.74. The van der Waals surface area contributed by atoms with Gasteiger partial charge in [0.25, 0.3) is 0 Å². The number of aromatic amines is 1. The maximum Gasteiger partial charge on any atom is 0.0961 e. The van der Waals surface area contributed by atoms with Crippen LogP contribution in [0.4, 0.5) is 5.69 Å². The Morgan fingerprint density at radius 1 is 1.38 bits per heavy atom. The second-order valence-electron chi connectivity index (χ2n) is 3.25. The summed E-state index contributed by atoms with van der Waals surface area (Å²) in [6.45, 7) is 2.86. The van der Waals surface area contributed by atoms with Crippen LogP contribution in [0.2, 0.25) is 0 Å². The normalized spacial score (nSPS) is 10.3. The summed E-state index contributed by atoms with van der Waals surface area (Å²) < 4.78 is 0. The Morgan fingerprint density at radius 3 is 2.94 bits per heavy atom. The molecule has 0 unspecified atom stereocenters. The number of pyridine rings is 1. The van der Waals surface area contributed by atoms with Gasteiger partial charge >= 0.3 is 0 Å². The number of thioether (sulfide) groups is 1. The van der Waals surface area contributed by atoms with Gasteiger partial charge in [0.15, 0.2) is 0 Å². The van der Waals surface area contributed by atoms with Gasteiger partial charge < -0.3 is 5.32 Å². The quantitative estimate of drug-likeness (QED) is 0.781. The van der Waals surface area contributed by atoms with Crippen LogP contribution in [0.3, 0.4) is 0 Å². The molecule has 2 aromatic rings. The maximum atomic E-state index is 4.34. The van der Waals surface area contributed by atoms with Gasteiger partial charge in [-0.2, -0.15) is 5.10 Å². The molecular weight excluding hydrogens is 220 g/mol. The molecule has 0 radical (unpaired) electrons. The van der Waals surface area contributed by atoms with Crippen molar-refractivity contribution in [2.24, 2.45) is 0 Å². The fraction of sp³-hybridized carbons (Fsp3) is 0.273. The Labute approximate surface area is 98.9 Å². The van der Waals surface area contributed by atoms with E-state index < -0.39 is 0 Å². The maximum absolute atomic E-state index is 4.34. The molecule has 0 saturated heterocycles. The van der Waals surface area contributed by atoms with E-state index in [0.29, 0.717) is 0 Å². The second-order valence-corrected chi connectivity index (χ2v) is 4.54. The summed E-state index contributed by atoms with van der Waals surface area (Å²) in [5, 5.41) is 11.1. The van der Waals surface area contributed by atoms with Gasteiger partial charge in [-0.3, -0.25) is 5.10 Å². The molecule has 0 bridgehead atoms. The Hall–Kier alpha value is -1.49. The van der Waals surface area contributed by atoms with Gasteiger partial charge in [-0.15, -0.1) is 11.8 Å². The van der Waals surface area contributed by atoms with E-state index in [1.165, 1.54) is 0 Å². The molecule has 2 N–H and O–H groups in total. The van der Waals surface area contributed by atoms with E-state index in [0.717, 1.165) is 28.7 Å². The summed E-state index contributed by atoms with van der Waals surface area (Å²) in [6, 6.07) is 6.02. The number of H-pyrrole nitrogens is 1. The molecule has 0 spiro atoms. The van der Waals surface area contributed by atoms with Gasteiger partial charge in [-0.05, 0) is 24.0 Å². The predicted molar refractivity (Wildman–Crippen MR) is 66.5 cm³/mol. The monoisotopic (exact) mass is 234 g/mol. The first kappa shape index (κ1) is 11.0. The van der Waals surface area contributed by atoms with Crippen LogP contribution in [-0.2, 0) is 6.54 Å². The lowest BCUT2D eigenvalue weighted by Crippen LogP contribution is -2.00. The molecule has 2 rings (SSSR count). The van der Waals surface area contributed by atoms with Gasteiger partial charge in [0.1, 0.15) is 0 Å². The van der Waals surface area contributed by atoms with Crippen LogP contribution < -0.4 is 5.32 Å². The molecule has 84 valence electrons. The van der Waals surface area contributed by atoms with Crippen LogP contribution in [0.5, 0.6) is 0 Å². The number of hydrogen-bond donors (Lipinski definition) is 2. The molecule has 0 aliphatic carbocycles. The Kier molecular flexibility index (Phi) is 3.82. The molecule has 0 fully saturated rings. The highest BCUT2D eigenvalue weighted by molar-refractivity contribution is 7.99. The minimum absolute atomic E-state index is 0.738. The topological polar surface area (TPSA) is 53.6 Å². The first-order chi connectivity index (χ1) is 7.88. The molecule has 0 aromatic carbocycles. The summed E-state index contributed by atoms with van der Waals surface area (Å²) in [4.78, 5) is 4.34. The lowest BCUT2D eigenvalue weighted by molar-refractivity contribution is 0.978. The van der Waals surface area contributed by atoms with Gasteiger partial charge in [0.2, 0.25) is 0 Å². The van der Waals surface area contributed by atoms with Crippen molar-refractivity contribution in [3.05, 3.63) is 36.3 Å². The average molecular weight is 234 g/mol. The van der Waals surface area contributed by atoms with Gasteiger partial charge in [-0.25, -0.2) is 4.98 Å². The van der Waals surface area contributed by atoms with Crippen molar-refractivity contribution in [1.82, 2.24) is 15.2 Å². The lowest BCUT2D eigenvalue weighted by atomic mass is 10.4. The Morgan fingerprint density at radius 2 is 2.31 bits per heavy atom. The van der Waals surface area contributed by atoms with E-state index in [2.05, 4.69) is 27.4 Å². The zero-order valence-corrected chi connectivity index (χ0v) is 9.92. The molecule has 0 atom stereocenters. The van der Waals surface area contributed by atoms with Crippen molar-refractivity contribution < 1.29 is 0 Å². The van der Waals surface area contributed by atoms with Crippen molar-refractivity contribution >= 4 is 17.4 Å². The Balaban J connectivity index is 1.90. The van der Waals surface area contributed by atoms with E-state index in [1.807, 2.05) is 24.4 Å². The highest BCUT2D eigenvalue weighted by atomic mass is 32.2. The summed E-state index contributed by atoms with van der Waals surface area (Å²) in [7, 11) is 0. The molecule has 0 saturated carbocycles. The molecular formula is C11H14N4S. The molecule has 4 nitrogen and oxygen atoms in total. The van der Waals surface area contributed by atoms with Crippen LogP contribution in [-0.4, -0.2) is 20.9 Å². The standard InChI is InChI=1S/C11H14N4S/c1-2-16-11-4-3-9(7-13-11)12-8-10-5-6-14-15-10/h3-7,12H,2,8H2,1H3,(H,14,15). The van der Waals surface area contributed by atoms with Crippen molar-refractivity contribution in [2.75, 3.05) is 11.1 Å². The highest BCUT2D eigenvalue weighted by Crippen LogP contribution is 2.16. The zero-order chi connectivity index (χ0) is 11.2. The van der Waals surface area contributed by atoms with Crippen molar-refractivity contribution in [1.29, 1.82) is 0 Å². The lowest BCUT2D eigenvalue weighted by Gasteiger charge is -2.04. The van der Waals surface area contributed by atoms with Crippen LogP contribution in [0.15, 0.2) is 35.6 Å². The zero-order valence-electron chi connectivity index (χ0n) is 9.10. The van der Waals surface area contributed by atoms with Gasteiger partial charge in [-0.1, -0.05) is 6.92 Å². The molecule has 0 amide bonds. The molecule has 2 heterocycles. The van der Waals surface area contributed by atoms with Crippen LogP contribution >= 0.6 is 11.8 Å². The third-order valence-electron chi connectivity index (χ3n) is 2.07. The average Bonchev–Trinajstić information content (AvgIpc) is 2.82. The molecule has 16 heavy (non-hydrogen) atoms. The van der Waals surface area contributed by atoms with Crippen molar-refractivity contribution in [2.45, 2.75) is 18.5 Å². The smallest absolute Gasteiger partial charge is 0.0961 e. The largest absolute Gasteiger partial charge is 0.378 e. The third kappa shape index (κ3) is 3.00. The number of anilines is 1. The summed E-state index contributed by atoms with van der Waals surface area (Å²) in [6.07, 6.45) is 3.60. The first-order valence-electron chi connectivity index (χ1n) is 5.19. The van der Waals surface area contributed by atoms with E-state index >= 15 is 0 Å². The van der Waals surface area contributed by atoms with Crippen LogP contribution in [0.1, 0.15) is 12.6 Å². The summed E-state index contributed by atoms with van der Waals surface area (Å²) in [5.74, 6) is 1.05. The number of rotatable bonds is 5. The van der Waals surface area contributed by atoms with Crippen molar-refractivity contribution in [3.8, 4) is 0 Å².